The van der Waals surface area contributed by atoms with Crippen LogP contribution in [0.15, 0.2) is 24.3 Å². The zero-order valence-corrected chi connectivity index (χ0v) is 20.3. The van der Waals surface area contributed by atoms with E-state index in [-0.39, 0.29) is 109 Å². The number of benzene rings is 1. The largest absolute Gasteiger partial charge is 1.00 e. The molecule has 0 fully saturated rings. The minimum Gasteiger partial charge on any atom is -0.548 e. The molecule has 0 saturated heterocycles. The first kappa shape index (κ1) is 25.9. The van der Waals surface area contributed by atoms with Gasteiger partial charge in [0.1, 0.15) is 0 Å². The van der Waals surface area contributed by atoms with Gasteiger partial charge in [-0.05, 0) is 38.1 Å². The predicted molar refractivity (Wildman–Crippen MR) is 71.3 cm³/mol. The number of aliphatic carboxylic acids is 2. The minimum atomic E-state index is -1.55. The Labute approximate surface area is 220 Å². The van der Waals surface area contributed by atoms with Crippen molar-refractivity contribution in [3.8, 4) is 0 Å². The van der Waals surface area contributed by atoms with Gasteiger partial charge in [-0.3, -0.25) is 4.79 Å². The van der Waals surface area contributed by atoms with Gasteiger partial charge in [-0.25, -0.2) is 0 Å². The van der Waals surface area contributed by atoms with E-state index in [4.69, 9.17) is 0 Å². The van der Waals surface area contributed by atoms with Crippen LogP contribution in [0.5, 0.6) is 0 Å². The van der Waals surface area contributed by atoms with Gasteiger partial charge in [-0.15, -0.1) is 0 Å². The molecule has 23 heavy (non-hydrogen) atoms. The molecule has 9 heteroatoms. The summed E-state index contributed by atoms with van der Waals surface area (Å²) >= 11 is 0. The van der Waals surface area contributed by atoms with Crippen LogP contribution in [0, 0.1) is 0 Å². The third-order valence-electron chi connectivity index (χ3n) is 3.13. The molecule has 1 amide bonds. The predicted octanol–water partition coefficient (Wildman–Crippen LogP) is -7.86. The molecule has 0 spiro atoms. The number of anilines is 1. The molecule has 1 N–H and O–H groups in total. The molecule has 0 heterocycles. The number of carbonyl (C=O) groups excluding carboxylic acids is 3. The molecule has 1 rings (SSSR count). The minimum absolute atomic E-state index is 0. The zero-order valence-electron chi connectivity index (χ0n) is 14.0. The molecule has 0 bridgehead atoms. The summed E-state index contributed by atoms with van der Waals surface area (Å²) in [6.07, 6.45) is 0. The number of nitrogens with one attached hydrogen (secondary N) is 1. The number of carbonyl (C=O) groups is 3. The molecule has 0 aromatic heterocycles. The van der Waals surface area contributed by atoms with Crippen LogP contribution in [0.2, 0.25) is 0 Å². The van der Waals surface area contributed by atoms with Gasteiger partial charge in [0.15, 0.2) is 0 Å². The first-order valence-corrected chi connectivity index (χ1v) is 6.21. The van der Waals surface area contributed by atoms with Gasteiger partial charge in [0.25, 0.3) is 5.91 Å². The van der Waals surface area contributed by atoms with Gasteiger partial charge in [-0.1, -0.05) is 0 Å². The van der Waals surface area contributed by atoms with Crippen molar-refractivity contribution >= 4 is 23.5 Å². The number of rotatable bonds is 6. The molecule has 0 aliphatic carbocycles. The summed E-state index contributed by atoms with van der Waals surface area (Å²) in [5.41, 5.74) is -0.837. The van der Waals surface area contributed by atoms with Crippen LogP contribution in [0.3, 0.4) is 0 Å². The Bertz CT molecular complexity index is 561. The molecule has 0 radical (unpaired) electrons. The van der Waals surface area contributed by atoms with E-state index in [0.717, 1.165) is 4.90 Å². The van der Waals surface area contributed by atoms with Crippen molar-refractivity contribution in [1.29, 1.82) is 0 Å². The maximum atomic E-state index is 11.4. The number of hydrogen-bond donors (Lipinski definition) is 1. The summed E-state index contributed by atoms with van der Waals surface area (Å²) in [5.74, 6) is -3.13. The van der Waals surface area contributed by atoms with Crippen LogP contribution in [-0.2, 0) is 9.59 Å². The molecule has 1 aromatic carbocycles. The monoisotopic (exact) mass is 370 g/mol. The fraction of sp³-hybridized carbons (Fsp3) is 0.357. The van der Waals surface area contributed by atoms with Crippen LogP contribution in [-0.4, -0.2) is 37.0 Å². The van der Waals surface area contributed by atoms with E-state index in [1.165, 1.54) is 45.2 Å². The molecular formula is C14H16K2N2O5. The molecule has 0 unspecified atom stereocenters. The molecule has 7 nitrogen and oxygen atoms in total. The van der Waals surface area contributed by atoms with Crippen LogP contribution in [0.4, 0.5) is 5.69 Å². The molecule has 0 aliphatic rings. The fourth-order valence-electron chi connectivity index (χ4n) is 1.79. The molecular weight excluding hydrogens is 354 g/mol. The summed E-state index contributed by atoms with van der Waals surface area (Å²) < 4.78 is 0. The maximum Gasteiger partial charge on any atom is 1.00 e. The number of hydrogen-bond acceptors (Lipinski definition) is 6. The average molecular weight is 370 g/mol. The Balaban J connectivity index is 0. The maximum absolute atomic E-state index is 11.4. The van der Waals surface area contributed by atoms with Gasteiger partial charge in [0.2, 0.25) is 0 Å². The standard InChI is InChI=1S/C14H18N2O5.2K/c1-14(2,13(20)21)16(8-11(17)18)10-6-4-9(5-7-10)12(19)15-3;;/h4-7H,8H2,1-3H3,(H,15,19)(H,17,18)(H,20,21);;/q;2*+1/p-2. The van der Waals surface area contributed by atoms with Gasteiger partial charge < -0.3 is 30.0 Å². The molecule has 0 aliphatic heterocycles. The van der Waals surface area contributed by atoms with E-state index in [0.29, 0.717) is 11.3 Å². The van der Waals surface area contributed by atoms with Crippen molar-refractivity contribution in [2.75, 3.05) is 18.5 Å². The van der Waals surface area contributed by atoms with Crippen molar-refractivity contribution in [3.63, 3.8) is 0 Å². The summed E-state index contributed by atoms with van der Waals surface area (Å²) in [4.78, 5) is 34.6. The number of amides is 1. The Kier molecular flexibility index (Phi) is 12.8. The zero-order chi connectivity index (χ0) is 16.2. The molecule has 0 atom stereocenters. The van der Waals surface area contributed by atoms with Crippen molar-refractivity contribution < 1.29 is 127 Å². The van der Waals surface area contributed by atoms with Gasteiger partial charge in [0, 0.05) is 18.3 Å². The average Bonchev–Trinajstić information content (AvgIpc) is 2.43. The number of carboxylic acid groups (broad SMARTS) is 2. The van der Waals surface area contributed by atoms with Crippen molar-refractivity contribution in [2.45, 2.75) is 19.4 Å². The SMILES string of the molecule is CNC(=O)c1ccc(N(CC(=O)[O-])C(C)(C)C(=O)[O-])cc1.[K+].[K+]. The summed E-state index contributed by atoms with van der Waals surface area (Å²) in [6.45, 7) is 2.05. The van der Waals surface area contributed by atoms with Crippen molar-refractivity contribution in [1.82, 2.24) is 5.32 Å². The van der Waals surface area contributed by atoms with E-state index >= 15 is 0 Å². The molecule has 114 valence electrons. The van der Waals surface area contributed by atoms with E-state index in [2.05, 4.69) is 5.32 Å². The quantitative estimate of drug-likeness (QED) is 0.498. The first-order valence-electron chi connectivity index (χ1n) is 6.21. The second-order valence-electron chi connectivity index (χ2n) is 4.93. The third-order valence-corrected chi connectivity index (χ3v) is 3.13. The molecule has 1 aromatic rings. The van der Waals surface area contributed by atoms with E-state index < -0.39 is 24.0 Å². The Hall–Kier alpha value is 0.703. The van der Waals surface area contributed by atoms with Gasteiger partial charge in [0.05, 0.1) is 24.0 Å². The summed E-state index contributed by atoms with van der Waals surface area (Å²) in [5, 5.41) is 24.5. The topological polar surface area (TPSA) is 113 Å². The van der Waals surface area contributed by atoms with Gasteiger partial charge >= 0.3 is 103 Å². The fourth-order valence-corrected chi connectivity index (χ4v) is 1.79. The van der Waals surface area contributed by atoms with E-state index in [1.54, 1.807) is 0 Å². The number of carboxylic acids is 2. The number of nitrogens with zero attached hydrogens (tertiary/aromatic N) is 1. The smallest absolute Gasteiger partial charge is 0.548 e. The van der Waals surface area contributed by atoms with Gasteiger partial charge in [-0.2, -0.15) is 0 Å². The van der Waals surface area contributed by atoms with Crippen LogP contribution in [0.1, 0.15) is 24.2 Å². The van der Waals surface area contributed by atoms with Crippen molar-refractivity contribution in [2.24, 2.45) is 0 Å². The Morgan fingerprint density at radius 2 is 1.57 bits per heavy atom. The Morgan fingerprint density at radius 3 is 1.91 bits per heavy atom. The Morgan fingerprint density at radius 1 is 1.09 bits per heavy atom. The second kappa shape index (κ2) is 11.3. The second-order valence-corrected chi connectivity index (χ2v) is 4.93. The van der Waals surface area contributed by atoms with E-state index in [1.807, 2.05) is 0 Å². The summed E-state index contributed by atoms with van der Waals surface area (Å²) in [6, 6.07) is 5.89. The normalized spacial score (nSPS) is 9.87. The third kappa shape index (κ3) is 7.22. The van der Waals surface area contributed by atoms with E-state index in [9.17, 15) is 24.6 Å². The van der Waals surface area contributed by atoms with Crippen LogP contribution in [0.25, 0.3) is 0 Å². The van der Waals surface area contributed by atoms with Crippen LogP contribution >= 0.6 is 0 Å². The van der Waals surface area contributed by atoms with Crippen molar-refractivity contribution in [3.05, 3.63) is 29.8 Å². The summed E-state index contributed by atoms with van der Waals surface area (Å²) in [7, 11) is 1.48. The molecule has 0 saturated carbocycles. The first-order chi connectivity index (χ1) is 9.70. The van der Waals surface area contributed by atoms with Crippen LogP contribution < -0.4 is 123 Å².